The van der Waals surface area contributed by atoms with Crippen molar-refractivity contribution in [1.82, 2.24) is 15.5 Å². The second-order valence-electron chi connectivity index (χ2n) is 14.7. The zero-order chi connectivity index (χ0) is 40.4. The maximum atomic E-state index is 16.0. The molecule has 2 saturated heterocycles. The van der Waals surface area contributed by atoms with Gasteiger partial charge in [-0.15, -0.1) is 6.58 Å². The van der Waals surface area contributed by atoms with Crippen LogP contribution in [0.1, 0.15) is 59.0 Å². The number of carbonyl (C=O) groups excluding carboxylic acids is 4. The molecule has 3 aliphatic heterocycles. The SMILES string of the molecule is C=CCNC(=O)[C@H]1[C@@H]2C(=O)O[C@@H](c3ccccc3)[C@@H](c3ccccc3)N2[C@@H](c2ccc(OCCO)cc2)[C@]12C(=O)N(C(=O)N[C@H](C)c1ccccc1)c1ccccc12. The maximum absolute atomic E-state index is 16.0. The van der Waals surface area contributed by atoms with Crippen LogP contribution < -0.4 is 20.3 Å². The first-order chi connectivity index (χ1) is 28.3. The molecule has 7 atom stereocenters. The fourth-order valence-corrected chi connectivity index (χ4v) is 9.13. The zero-order valence-corrected chi connectivity index (χ0v) is 31.9. The highest BCUT2D eigenvalue weighted by molar-refractivity contribution is 6.24. The van der Waals surface area contributed by atoms with Gasteiger partial charge in [0, 0.05) is 6.54 Å². The molecule has 11 heteroatoms. The molecule has 5 aromatic rings. The summed E-state index contributed by atoms with van der Waals surface area (Å²) in [4.78, 5) is 63.7. The van der Waals surface area contributed by atoms with Crippen LogP contribution in [-0.2, 0) is 24.5 Å². The van der Waals surface area contributed by atoms with Crippen LogP contribution in [0.5, 0.6) is 5.75 Å². The molecule has 0 bridgehead atoms. The van der Waals surface area contributed by atoms with Gasteiger partial charge in [-0.3, -0.25) is 19.3 Å². The first-order valence-electron chi connectivity index (χ1n) is 19.4. The van der Waals surface area contributed by atoms with Crippen LogP contribution >= 0.6 is 0 Å². The molecule has 11 nitrogen and oxygen atoms in total. The summed E-state index contributed by atoms with van der Waals surface area (Å²) in [5, 5.41) is 15.4. The largest absolute Gasteiger partial charge is 0.491 e. The van der Waals surface area contributed by atoms with Crippen molar-refractivity contribution < 1.29 is 33.8 Å². The molecule has 0 unspecified atom stereocenters. The van der Waals surface area contributed by atoms with E-state index in [-0.39, 0.29) is 19.8 Å². The molecule has 294 valence electrons. The number of aliphatic hydroxyl groups excluding tert-OH is 1. The minimum Gasteiger partial charge on any atom is -0.491 e. The third-order valence-corrected chi connectivity index (χ3v) is 11.5. The number of fused-ring (bicyclic) bond motifs is 3. The molecule has 8 rings (SSSR count). The fraction of sp³-hybridized carbons (Fsp3) is 0.234. The Kier molecular flexibility index (Phi) is 10.7. The standard InChI is InChI=1S/C47H44N4O7/c1-3-27-48-43(53)38-40-44(54)58-41(33-19-11-6-12-20-33)39(32-17-9-5-10-18-32)51(40)42(34-23-25-35(26-24-34)57-29-28-52)47(38)36-21-13-14-22-37(36)50(45(47)55)46(56)49-30(2)31-15-7-4-8-16-31/h3-26,30,38-42,52H,1,27-29H2,2H3,(H,48,53)(H,49,56)/t30-,38-,39-,40-,41+,42+,47-/m1/s1. The molecule has 3 aliphatic rings. The number of morpholine rings is 1. The van der Waals surface area contributed by atoms with E-state index in [0.717, 1.165) is 21.6 Å². The van der Waals surface area contributed by atoms with Crippen molar-refractivity contribution in [2.24, 2.45) is 5.92 Å². The first-order valence-corrected chi connectivity index (χ1v) is 19.4. The van der Waals surface area contributed by atoms with Gasteiger partial charge in [0.15, 0.2) is 0 Å². The van der Waals surface area contributed by atoms with Crippen molar-refractivity contribution in [2.75, 3.05) is 24.7 Å². The molecule has 2 fully saturated rings. The summed E-state index contributed by atoms with van der Waals surface area (Å²) in [6, 6.07) is 38.4. The van der Waals surface area contributed by atoms with Gasteiger partial charge in [-0.1, -0.05) is 127 Å². The van der Waals surface area contributed by atoms with E-state index < -0.39 is 65.4 Å². The van der Waals surface area contributed by atoms with Crippen LogP contribution in [0.2, 0.25) is 0 Å². The second-order valence-corrected chi connectivity index (χ2v) is 14.7. The van der Waals surface area contributed by atoms with Crippen LogP contribution in [0, 0.1) is 5.92 Å². The minimum atomic E-state index is -1.84. The van der Waals surface area contributed by atoms with Gasteiger partial charge in [0.1, 0.15) is 29.9 Å². The van der Waals surface area contributed by atoms with E-state index in [1.165, 1.54) is 6.08 Å². The van der Waals surface area contributed by atoms with E-state index in [9.17, 15) is 19.5 Å². The predicted molar refractivity (Wildman–Crippen MR) is 218 cm³/mol. The number of carbonyl (C=O) groups is 4. The Labute approximate surface area is 336 Å². The van der Waals surface area contributed by atoms with Gasteiger partial charge in [0.25, 0.3) is 0 Å². The van der Waals surface area contributed by atoms with E-state index in [2.05, 4.69) is 17.2 Å². The fourth-order valence-electron chi connectivity index (χ4n) is 9.13. The summed E-state index contributed by atoms with van der Waals surface area (Å²) in [6.45, 7) is 5.59. The first kappa shape index (κ1) is 38.3. The highest BCUT2D eigenvalue weighted by Gasteiger charge is 2.75. The zero-order valence-electron chi connectivity index (χ0n) is 31.9. The predicted octanol–water partition coefficient (Wildman–Crippen LogP) is 6.50. The summed E-state index contributed by atoms with van der Waals surface area (Å²) >= 11 is 0. The minimum absolute atomic E-state index is 0.0676. The van der Waals surface area contributed by atoms with E-state index in [4.69, 9.17) is 9.47 Å². The van der Waals surface area contributed by atoms with Crippen molar-refractivity contribution in [3.63, 3.8) is 0 Å². The number of esters is 1. The van der Waals surface area contributed by atoms with Crippen LogP contribution in [0.25, 0.3) is 0 Å². The number of urea groups is 1. The van der Waals surface area contributed by atoms with Gasteiger partial charge in [0.2, 0.25) is 11.8 Å². The van der Waals surface area contributed by atoms with Gasteiger partial charge in [-0.25, -0.2) is 9.69 Å². The highest BCUT2D eigenvalue weighted by atomic mass is 16.6. The number of ether oxygens (including phenoxy) is 2. The quantitative estimate of drug-likeness (QED) is 0.102. The van der Waals surface area contributed by atoms with Gasteiger partial charge >= 0.3 is 12.0 Å². The lowest BCUT2D eigenvalue weighted by Crippen LogP contribution is -2.56. The van der Waals surface area contributed by atoms with Crippen LogP contribution in [0.4, 0.5) is 10.5 Å². The number of aliphatic hydroxyl groups is 1. The topological polar surface area (TPSA) is 138 Å². The number of amides is 4. The number of nitrogens with one attached hydrogen (secondary N) is 2. The van der Waals surface area contributed by atoms with Crippen LogP contribution in [-0.4, -0.2) is 59.6 Å². The normalized spacial score (nSPS) is 24.0. The average Bonchev–Trinajstić information content (AvgIpc) is 3.72. The maximum Gasteiger partial charge on any atom is 0.329 e. The molecule has 5 aromatic carbocycles. The van der Waals surface area contributed by atoms with Gasteiger partial charge in [0.05, 0.1) is 36.3 Å². The van der Waals surface area contributed by atoms with E-state index >= 15 is 4.79 Å². The van der Waals surface area contributed by atoms with Gasteiger partial charge in [-0.05, 0) is 52.9 Å². The molecule has 3 N–H and O–H groups in total. The summed E-state index contributed by atoms with van der Waals surface area (Å²) in [5.74, 6) is -2.78. The number of rotatable bonds is 11. The highest BCUT2D eigenvalue weighted by Crippen LogP contribution is 2.65. The smallest absolute Gasteiger partial charge is 0.329 e. The monoisotopic (exact) mass is 776 g/mol. The van der Waals surface area contributed by atoms with Crippen molar-refractivity contribution in [1.29, 1.82) is 0 Å². The number of hydrogen-bond acceptors (Lipinski definition) is 8. The summed E-state index contributed by atoms with van der Waals surface area (Å²) in [7, 11) is 0. The molecule has 0 radical (unpaired) electrons. The summed E-state index contributed by atoms with van der Waals surface area (Å²) in [5.41, 5.74) is 1.87. The Morgan fingerprint density at radius 1 is 0.828 bits per heavy atom. The number of hydrogen-bond donors (Lipinski definition) is 3. The lowest BCUT2D eigenvalue weighted by atomic mass is 9.65. The Morgan fingerprint density at radius 2 is 1.45 bits per heavy atom. The Balaban J connectivity index is 1.39. The molecule has 0 saturated carbocycles. The van der Waals surface area contributed by atoms with Crippen molar-refractivity contribution >= 4 is 29.5 Å². The number of imide groups is 1. The van der Waals surface area contributed by atoms with E-state index in [1.54, 1.807) is 36.4 Å². The number of anilines is 1. The van der Waals surface area contributed by atoms with Crippen LogP contribution in [0.15, 0.2) is 152 Å². The average molecular weight is 777 g/mol. The van der Waals surface area contributed by atoms with Gasteiger partial charge in [-0.2, -0.15) is 0 Å². The number of cyclic esters (lactones) is 1. The molecule has 58 heavy (non-hydrogen) atoms. The molecular weight excluding hydrogens is 733 g/mol. The molecular formula is C47H44N4O7. The number of nitrogens with zero attached hydrogens (tertiary/aromatic N) is 2. The molecule has 0 aromatic heterocycles. The Bertz CT molecular complexity index is 2310. The van der Waals surface area contributed by atoms with Crippen molar-refractivity contribution in [2.45, 2.75) is 42.6 Å². The Hall–Kier alpha value is -6.56. The molecule has 1 spiro atoms. The van der Waals surface area contributed by atoms with Crippen molar-refractivity contribution in [3.8, 4) is 5.75 Å². The Morgan fingerprint density at radius 3 is 2.10 bits per heavy atom. The third-order valence-electron chi connectivity index (χ3n) is 11.5. The summed E-state index contributed by atoms with van der Waals surface area (Å²) in [6.07, 6.45) is 0.693. The second kappa shape index (κ2) is 16.1. The van der Waals surface area contributed by atoms with Crippen molar-refractivity contribution in [3.05, 3.63) is 180 Å². The van der Waals surface area contributed by atoms with Gasteiger partial charge < -0.3 is 25.2 Å². The van der Waals surface area contributed by atoms with Crippen LogP contribution in [0.3, 0.4) is 0 Å². The third kappa shape index (κ3) is 6.42. The van der Waals surface area contributed by atoms with E-state index in [0.29, 0.717) is 22.6 Å². The number of para-hydroxylation sites is 1. The number of benzene rings is 5. The molecule has 0 aliphatic carbocycles. The van der Waals surface area contributed by atoms with E-state index in [1.807, 2.05) is 115 Å². The summed E-state index contributed by atoms with van der Waals surface area (Å²) < 4.78 is 12.2. The lowest BCUT2D eigenvalue weighted by molar-refractivity contribution is -0.178. The molecule has 3 heterocycles. The lowest BCUT2D eigenvalue weighted by Gasteiger charge is -2.46. The molecule has 4 amide bonds.